The SMILES string of the molecule is Cc1cc(C)c2[nH]cc(C(C)C)c2c1. The van der Waals surface area contributed by atoms with E-state index in [4.69, 9.17) is 0 Å². The highest BCUT2D eigenvalue weighted by atomic mass is 14.7. The van der Waals surface area contributed by atoms with Crippen LogP contribution in [0.3, 0.4) is 0 Å². The Morgan fingerprint density at radius 1 is 1.14 bits per heavy atom. The van der Waals surface area contributed by atoms with Crippen LogP contribution in [-0.4, -0.2) is 4.98 Å². The van der Waals surface area contributed by atoms with Gasteiger partial charge in [-0.3, -0.25) is 0 Å². The maximum absolute atomic E-state index is 3.36. The van der Waals surface area contributed by atoms with Crippen LogP contribution in [0.4, 0.5) is 0 Å². The standard InChI is InChI=1S/C13H17N/c1-8(2)12-7-14-13-10(4)5-9(3)6-11(12)13/h5-8,14H,1-4H3. The van der Waals surface area contributed by atoms with E-state index in [2.05, 4.69) is 51.0 Å². The van der Waals surface area contributed by atoms with Gasteiger partial charge in [0.15, 0.2) is 0 Å². The number of aryl methyl sites for hydroxylation is 2. The van der Waals surface area contributed by atoms with Crippen molar-refractivity contribution in [2.24, 2.45) is 0 Å². The summed E-state index contributed by atoms with van der Waals surface area (Å²) < 4.78 is 0. The highest BCUT2D eigenvalue weighted by Gasteiger charge is 2.08. The minimum absolute atomic E-state index is 0.588. The number of aromatic amines is 1. The van der Waals surface area contributed by atoms with Crippen LogP contribution >= 0.6 is 0 Å². The second-order valence-electron chi connectivity index (χ2n) is 4.40. The monoisotopic (exact) mass is 187 g/mol. The van der Waals surface area contributed by atoms with E-state index in [-0.39, 0.29) is 0 Å². The average molecular weight is 187 g/mol. The maximum Gasteiger partial charge on any atom is 0.0486 e. The van der Waals surface area contributed by atoms with E-state index in [0.29, 0.717) is 5.92 Å². The number of benzene rings is 1. The Morgan fingerprint density at radius 2 is 1.86 bits per heavy atom. The van der Waals surface area contributed by atoms with E-state index in [1.165, 1.54) is 27.6 Å². The van der Waals surface area contributed by atoms with Crippen LogP contribution < -0.4 is 0 Å². The zero-order valence-electron chi connectivity index (χ0n) is 9.31. The second kappa shape index (κ2) is 3.16. The topological polar surface area (TPSA) is 15.8 Å². The first-order valence-electron chi connectivity index (χ1n) is 5.18. The lowest BCUT2D eigenvalue weighted by molar-refractivity contribution is 0.875. The predicted octanol–water partition coefficient (Wildman–Crippen LogP) is 3.91. The molecular formula is C13H17N. The summed E-state index contributed by atoms with van der Waals surface area (Å²) in [6.07, 6.45) is 2.14. The van der Waals surface area contributed by atoms with Gasteiger partial charge in [0, 0.05) is 17.1 Å². The molecule has 0 saturated heterocycles. The van der Waals surface area contributed by atoms with Gasteiger partial charge in [0.1, 0.15) is 0 Å². The molecule has 1 heteroatoms. The molecule has 0 aliphatic rings. The molecule has 0 aliphatic carbocycles. The van der Waals surface area contributed by atoms with Gasteiger partial charge in [-0.1, -0.05) is 25.5 Å². The molecule has 2 rings (SSSR count). The molecule has 1 N–H and O–H groups in total. The highest BCUT2D eigenvalue weighted by molar-refractivity contribution is 5.87. The van der Waals surface area contributed by atoms with Crippen LogP contribution in [0, 0.1) is 13.8 Å². The third-order valence-corrected chi connectivity index (χ3v) is 2.78. The van der Waals surface area contributed by atoms with Crippen molar-refractivity contribution >= 4 is 10.9 Å². The zero-order valence-corrected chi connectivity index (χ0v) is 9.31. The average Bonchev–Trinajstić information content (AvgIpc) is 2.47. The first-order valence-corrected chi connectivity index (χ1v) is 5.18. The van der Waals surface area contributed by atoms with E-state index in [0.717, 1.165) is 0 Å². The zero-order chi connectivity index (χ0) is 10.3. The van der Waals surface area contributed by atoms with Crippen molar-refractivity contribution in [2.45, 2.75) is 33.6 Å². The van der Waals surface area contributed by atoms with Gasteiger partial charge in [-0.15, -0.1) is 0 Å². The van der Waals surface area contributed by atoms with Gasteiger partial charge < -0.3 is 4.98 Å². The number of hydrogen-bond acceptors (Lipinski definition) is 0. The van der Waals surface area contributed by atoms with E-state index < -0.39 is 0 Å². The van der Waals surface area contributed by atoms with Crippen LogP contribution in [-0.2, 0) is 0 Å². The van der Waals surface area contributed by atoms with E-state index in [9.17, 15) is 0 Å². The van der Waals surface area contributed by atoms with Gasteiger partial charge in [0.25, 0.3) is 0 Å². The number of rotatable bonds is 1. The van der Waals surface area contributed by atoms with Gasteiger partial charge in [-0.2, -0.15) is 0 Å². The lowest BCUT2D eigenvalue weighted by atomic mass is 10.00. The van der Waals surface area contributed by atoms with Crippen LogP contribution in [0.15, 0.2) is 18.3 Å². The van der Waals surface area contributed by atoms with Crippen LogP contribution in [0.1, 0.15) is 36.5 Å². The van der Waals surface area contributed by atoms with E-state index >= 15 is 0 Å². The first-order chi connectivity index (χ1) is 6.59. The van der Waals surface area contributed by atoms with Gasteiger partial charge >= 0.3 is 0 Å². The second-order valence-corrected chi connectivity index (χ2v) is 4.40. The molecule has 1 nitrogen and oxygen atoms in total. The van der Waals surface area contributed by atoms with Gasteiger partial charge in [0.2, 0.25) is 0 Å². The Morgan fingerprint density at radius 3 is 2.50 bits per heavy atom. The molecule has 14 heavy (non-hydrogen) atoms. The Bertz CT molecular complexity index is 463. The minimum atomic E-state index is 0.588. The molecule has 0 radical (unpaired) electrons. The lowest BCUT2D eigenvalue weighted by Gasteiger charge is -2.04. The lowest BCUT2D eigenvalue weighted by Crippen LogP contribution is -1.85. The molecule has 0 fully saturated rings. The molecule has 0 amide bonds. The maximum atomic E-state index is 3.36. The fourth-order valence-corrected chi connectivity index (χ4v) is 2.09. The van der Waals surface area contributed by atoms with Crippen molar-refractivity contribution in [1.82, 2.24) is 4.98 Å². The molecule has 1 aromatic carbocycles. The number of nitrogens with one attached hydrogen (secondary N) is 1. The smallest absolute Gasteiger partial charge is 0.0486 e. The molecule has 0 bridgehead atoms. The summed E-state index contributed by atoms with van der Waals surface area (Å²) in [5, 5.41) is 1.39. The van der Waals surface area contributed by atoms with Crippen molar-refractivity contribution in [2.75, 3.05) is 0 Å². The fraction of sp³-hybridized carbons (Fsp3) is 0.385. The van der Waals surface area contributed by atoms with Crippen molar-refractivity contribution in [1.29, 1.82) is 0 Å². The van der Waals surface area contributed by atoms with E-state index in [1.54, 1.807) is 0 Å². The molecule has 1 aromatic heterocycles. The Balaban J connectivity index is 2.78. The van der Waals surface area contributed by atoms with Crippen molar-refractivity contribution in [3.8, 4) is 0 Å². The van der Waals surface area contributed by atoms with Crippen LogP contribution in [0.5, 0.6) is 0 Å². The molecule has 2 aromatic rings. The summed E-state index contributed by atoms with van der Waals surface area (Å²) >= 11 is 0. The third-order valence-electron chi connectivity index (χ3n) is 2.78. The van der Waals surface area contributed by atoms with Crippen LogP contribution in [0.2, 0.25) is 0 Å². The Hall–Kier alpha value is -1.24. The van der Waals surface area contributed by atoms with Gasteiger partial charge in [0.05, 0.1) is 0 Å². The molecule has 0 aliphatic heterocycles. The molecule has 1 heterocycles. The molecular weight excluding hydrogens is 170 g/mol. The van der Waals surface area contributed by atoms with E-state index in [1.807, 2.05) is 0 Å². The molecule has 0 unspecified atom stereocenters. The summed E-state index contributed by atoms with van der Waals surface area (Å²) in [7, 11) is 0. The quantitative estimate of drug-likeness (QED) is 0.696. The minimum Gasteiger partial charge on any atom is -0.361 e. The molecule has 0 atom stereocenters. The molecule has 74 valence electrons. The highest BCUT2D eigenvalue weighted by Crippen LogP contribution is 2.27. The summed E-state index contributed by atoms with van der Waals surface area (Å²) in [5.74, 6) is 0.588. The number of hydrogen-bond donors (Lipinski definition) is 1. The number of aromatic nitrogens is 1. The summed E-state index contributed by atoms with van der Waals surface area (Å²) in [6.45, 7) is 8.79. The molecule has 0 spiro atoms. The normalized spacial score (nSPS) is 11.5. The molecule has 0 saturated carbocycles. The number of fused-ring (bicyclic) bond motifs is 1. The van der Waals surface area contributed by atoms with Crippen molar-refractivity contribution in [3.63, 3.8) is 0 Å². The number of H-pyrrole nitrogens is 1. The summed E-state index contributed by atoms with van der Waals surface area (Å²) in [5.41, 5.74) is 5.40. The van der Waals surface area contributed by atoms with Crippen molar-refractivity contribution in [3.05, 3.63) is 35.0 Å². The first kappa shape index (κ1) is 9.32. The summed E-state index contributed by atoms with van der Waals surface area (Å²) in [4.78, 5) is 3.36. The van der Waals surface area contributed by atoms with Crippen molar-refractivity contribution < 1.29 is 0 Å². The Kier molecular flexibility index (Phi) is 2.10. The Labute approximate surface area is 85.1 Å². The summed E-state index contributed by atoms with van der Waals surface area (Å²) in [6, 6.07) is 4.50. The van der Waals surface area contributed by atoms with Gasteiger partial charge in [-0.05, 0) is 37.0 Å². The predicted molar refractivity (Wildman–Crippen MR) is 61.9 cm³/mol. The van der Waals surface area contributed by atoms with Crippen LogP contribution in [0.25, 0.3) is 10.9 Å². The fourth-order valence-electron chi connectivity index (χ4n) is 2.09. The largest absolute Gasteiger partial charge is 0.361 e. The third kappa shape index (κ3) is 1.33. The van der Waals surface area contributed by atoms with Gasteiger partial charge in [-0.25, -0.2) is 0 Å².